The third kappa shape index (κ3) is 4.49. The van der Waals surface area contributed by atoms with Crippen molar-refractivity contribution in [3.8, 4) is 0 Å². The van der Waals surface area contributed by atoms with Gasteiger partial charge in [0, 0.05) is 28.7 Å². The van der Waals surface area contributed by atoms with Crippen molar-refractivity contribution in [2.24, 2.45) is 5.73 Å². The van der Waals surface area contributed by atoms with Crippen LogP contribution >= 0.6 is 11.6 Å². The van der Waals surface area contributed by atoms with Gasteiger partial charge in [-0.3, -0.25) is 0 Å². The van der Waals surface area contributed by atoms with Gasteiger partial charge in [0.15, 0.2) is 0 Å². The summed E-state index contributed by atoms with van der Waals surface area (Å²) in [4.78, 5) is 0. The van der Waals surface area contributed by atoms with Crippen molar-refractivity contribution in [3.63, 3.8) is 0 Å². The zero-order chi connectivity index (χ0) is 15.1. The Morgan fingerprint density at radius 1 is 1.10 bits per heavy atom. The number of nitrogens with zero attached hydrogens (tertiary/aromatic N) is 1. The molecule has 0 aliphatic carbocycles. The predicted octanol–water partition coefficient (Wildman–Crippen LogP) is 5.16. The van der Waals surface area contributed by atoms with Crippen molar-refractivity contribution in [1.82, 2.24) is 4.57 Å². The number of unbranched alkanes of at least 4 members (excludes halogenated alkanes) is 5. The summed E-state index contributed by atoms with van der Waals surface area (Å²) in [6.07, 6.45) is 11.1. The summed E-state index contributed by atoms with van der Waals surface area (Å²) in [6, 6.07) is 6.17. The second kappa shape index (κ2) is 8.45. The maximum absolute atomic E-state index is 6.16. The molecule has 2 aromatic rings. The number of aryl methyl sites for hydroxylation is 1. The van der Waals surface area contributed by atoms with Crippen LogP contribution < -0.4 is 5.73 Å². The largest absolute Gasteiger partial charge is 0.347 e. The van der Waals surface area contributed by atoms with Gasteiger partial charge in [-0.15, -0.1) is 0 Å². The van der Waals surface area contributed by atoms with Gasteiger partial charge >= 0.3 is 0 Å². The van der Waals surface area contributed by atoms with E-state index < -0.39 is 0 Å². The van der Waals surface area contributed by atoms with Gasteiger partial charge < -0.3 is 10.3 Å². The van der Waals surface area contributed by atoms with Crippen molar-refractivity contribution in [3.05, 3.63) is 35.0 Å². The van der Waals surface area contributed by atoms with Crippen LogP contribution in [0.4, 0.5) is 0 Å². The summed E-state index contributed by atoms with van der Waals surface area (Å²) < 4.78 is 2.35. The molecule has 0 saturated carbocycles. The molecule has 0 fully saturated rings. The number of benzene rings is 1. The highest BCUT2D eigenvalue weighted by molar-refractivity contribution is 6.31. The van der Waals surface area contributed by atoms with E-state index in [9.17, 15) is 0 Å². The molecule has 0 spiro atoms. The van der Waals surface area contributed by atoms with Gasteiger partial charge in [0.05, 0.1) is 0 Å². The van der Waals surface area contributed by atoms with Crippen molar-refractivity contribution in [1.29, 1.82) is 0 Å². The molecule has 2 nitrogen and oxygen atoms in total. The molecule has 0 atom stereocenters. The number of rotatable bonds is 9. The molecule has 0 radical (unpaired) electrons. The number of hydrogen-bond donors (Lipinski definition) is 1. The zero-order valence-electron chi connectivity index (χ0n) is 13.1. The first kappa shape index (κ1) is 16.4. The quantitative estimate of drug-likeness (QED) is 0.638. The standard InChI is InChI=1S/C18H27ClN2/c1-2-3-4-5-6-7-12-21-14-15(10-11-20)17-9-8-16(19)13-18(17)21/h8-9,13-14H,2-7,10-12,20H2,1H3. The first-order valence-electron chi connectivity index (χ1n) is 8.23. The number of fused-ring (bicyclic) bond motifs is 1. The van der Waals surface area contributed by atoms with Gasteiger partial charge in [0.1, 0.15) is 0 Å². The smallest absolute Gasteiger partial charge is 0.0498 e. The maximum atomic E-state index is 6.16. The van der Waals surface area contributed by atoms with E-state index in [2.05, 4.69) is 29.8 Å². The molecule has 0 aliphatic heterocycles. The fourth-order valence-electron chi connectivity index (χ4n) is 2.94. The molecule has 2 N–H and O–H groups in total. The minimum Gasteiger partial charge on any atom is -0.347 e. The number of hydrogen-bond acceptors (Lipinski definition) is 1. The molecule has 1 aromatic carbocycles. The molecule has 0 unspecified atom stereocenters. The van der Waals surface area contributed by atoms with Crippen LogP contribution in [0.2, 0.25) is 5.02 Å². The third-order valence-corrected chi connectivity index (χ3v) is 4.33. The molecule has 0 bridgehead atoms. The maximum Gasteiger partial charge on any atom is 0.0498 e. The van der Waals surface area contributed by atoms with Gasteiger partial charge in [-0.2, -0.15) is 0 Å². The van der Waals surface area contributed by atoms with E-state index in [0.717, 1.165) is 18.0 Å². The van der Waals surface area contributed by atoms with Gasteiger partial charge in [0.2, 0.25) is 0 Å². The Morgan fingerprint density at radius 3 is 2.62 bits per heavy atom. The Kier molecular flexibility index (Phi) is 6.59. The second-order valence-corrected chi connectivity index (χ2v) is 6.25. The highest BCUT2D eigenvalue weighted by Gasteiger charge is 2.08. The van der Waals surface area contributed by atoms with Crippen molar-refractivity contribution in [2.45, 2.75) is 58.4 Å². The first-order chi connectivity index (χ1) is 10.3. The monoisotopic (exact) mass is 306 g/mol. The lowest BCUT2D eigenvalue weighted by molar-refractivity contribution is 0.565. The van der Waals surface area contributed by atoms with Gasteiger partial charge in [-0.1, -0.05) is 56.7 Å². The summed E-state index contributed by atoms with van der Waals surface area (Å²) in [5, 5.41) is 2.11. The van der Waals surface area contributed by atoms with E-state index in [1.807, 2.05) is 6.07 Å². The van der Waals surface area contributed by atoms with Crippen LogP contribution in [0.3, 0.4) is 0 Å². The SMILES string of the molecule is CCCCCCCCn1cc(CCN)c2ccc(Cl)cc21. The highest BCUT2D eigenvalue weighted by atomic mass is 35.5. The molecular weight excluding hydrogens is 280 g/mol. The average Bonchev–Trinajstić information content (AvgIpc) is 2.81. The van der Waals surface area contributed by atoms with Gasteiger partial charge in [-0.05, 0) is 37.1 Å². The minimum absolute atomic E-state index is 0.693. The van der Waals surface area contributed by atoms with E-state index in [1.54, 1.807) is 0 Å². The van der Waals surface area contributed by atoms with Crippen LogP contribution in [0.15, 0.2) is 24.4 Å². The molecule has 2 rings (SSSR count). The Morgan fingerprint density at radius 2 is 1.86 bits per heavy atom. The Bertz CT molecular complexity index is 560. The molecule has 116 valence electrons. The van der Waals surface area contributed by atoms with E-state index in [0.29, 0.717) is 6.54 Å². The Balaban J connectivity index is 2.03. The van der Waals surface area contributed by atoms with Gasteiger partial charge in [-0.25, -0.2) is 0 Å². The van der Waals surface area contributed by atoms with E-state index in [1.165, 1.54) is 55.0 Å². The second-order valence-electron chi connectivity index (χ2n) is 5.82. The predicted molar refractivity (Wildman–Crippen MR) is 93.1 cm³/mol. The van der Waals surface area contributed by atoms with E-state index in [-0.39, 0.29) is 0 Å². The van der Waals surface area contributed by atoms with Crippen LogP contribution in [-0.4, -0.2) is 11.1 Å². The van der Waals surface area contributed by atoms with Crippen LogP contribution in [0.1, 0.15) is 51.0 Å². The molecule has 1 aromatic heterocycles. The van der Waals surface area contributed by atoms with E-state index >= 15 is 0 Å². The number of nitrogens with two attached hydrogens (primary N) is 1. The topological polar surface area (TPSA) is 30.9 Å². The van der Waals surface area contributed by atoms with Crippen LogP contribution in [0.5, 0.6) is 0 Å². The number of halogens is 1. The Hall–Kier alpha value is -0.990. The van der Waals surface area contributed by atoms with E-state index in [4.69, 9.17) is 17.3 Å². The lowest BCUT2D eigenvalue weighted by Gasteiger charge is -2.05. The fourth-order valence-corrected chi connectivity index (χ4v) is 3.11. The molecule has 1 heterocycles. The molecule has 0 saturated heterocycles. The summed E-state index contributed by atoms with van der Waals surface area (Å²) in [5.41, 5.74) is 8.32. The summed E-state index contributed by atoms with van der Waals surface area (Å²) in [6.45, 7) is 4.03. The molecule has 0 amide bonds. The average molecular weight is 307 g/mol. The van der Waals surface area contributed by atoms with Crippen LogP contribution in [0, 0.1) is 0 Å². The van der Waals surface area contributed by atoms with Gasteiger partial charge in [0.25, 0.3) is 0 Å². The number of aromatic nitrogens is 1. The summed E-state index contributed by atoms with van der Waals surface area (Å²) >= 11 is 6.16. The van der Waals surface area contributed by atoms with Crippen molar-refractivity contribution < 1.29 is 0 Å². The molecule has 0 aliphatic rings. The van der Waals surface area contributed by atoms with Crippen LogP contribution in [0.25, 0.3) is 10.9 Å². The summed E-state index contributed by atoms with van der Waals surface area (Å²) in [7, 11) is 0. The summed E-state index contributed by atoms with van der Waals surface area (Å²) in [5.74, 6) is 0. The lowest BCUT2D eigenvalue weighted by atomic mass is 10.1. The zero-order valence-corrected chi connectivity index (χ0v) is 13.8. The third-order valence-electron chi connectivity index (χ3n) is 4.09. The first-order valence-corrected chi connectivity index (χ1v) is 8.61. The Labute approximate surface area is 133 Å². The fraction of sp³-hybridized carbons (Fsp3) is 0.556. The van der Waals surface area contributed by atoms with Crippen molar-refractivity contribution in [2.75, 3.05) is 6.54 Å². The lowest BCUT2D eigenvalue weighted by Crippen LogP contribution is -2.02. The highest BCUT2D eigenvalue weighted by Crippen LogP contribution is 2.25. The normalized spacial score (nSPS) is 11.4. The van der Waals surface area contributed by atoms with Crippen LogP contribution in [-0.2, 0) is 13.0 Å². The molecule has 3 heteroatoms. The minimum atomic E-state index is 0.693. The molecule has 21 heavy (non-hydrogen) atoms. The van der Waals surface area contributed by atoms with Crippen molar-refractivity contribution >= 4 is 22.5 Å². The molecular formula is C18H27ClN2.